The summed E-state index contributed by atoms with van der Waals surface area (Å²) in [6, 6.07) is 10.8. The summed E-state index contributed by atoms with van der Waals surface area (Å²) < 4.78 is 16.1. The van der Waals surface area contributed by atoms with E-state index in [1.165, 1.54) is 17.2 Å². The number of aryl methyl sites for hydroxylation is 1. The molecule has 8 nitrogen and oxygen atoms in total. The van der Waals surface area contributed by atoms with Gasteiger partial charge in [0, 0.05) is 6.07 Å². The number of hydrogen-bond acceptors (Lipinski definition) is 7. The van der Waals surface area contributed by atoms with Gasteiger partial charge in [-0.15, -0.1) is 0 Å². The van der Waals surface area contributed by atoms with Crippen molar-refractivity contribution >= 4 is 17.5 Å². The van der Waals surface area contributed by atoms with Crippen LogP contribution >= 0.6 is 0 Å². The Morgan fingerprint density at radius 3 is 2.62 bits per heavy atom. The maximum atomic E-state index is 13.1. The number of hydrogen-bond donors (Lipinski definition) is 1. The smallest absolute Gasteiger partial charge is 0.295 e. The molecule has 32 heavy (non-hydrogen) atoms. The van der Waals surface area contributed by atoms with Gasteiger partial charge in [0.05, 0.1) is 24.5 Å². The number of furan rings is 1. The number of aliphatic hydroxyl groups is 1. The number of rotatable bonds is 9. The molecule has 0 saturated heterocycles. The van der Waals surface area contributed by atoms with Gasteiger partial charge in [-0.3, -0.25) is 14.5 Å². The van der Waals surface area contributed by atoms with Crippen molar-refractivity contribution in [3.05, 3.63) is 77.1 Å². The van der Waals surface area contributed by atoms with Crippen molar-refractivity contribution in [3.63, 3.8) is 0 Å². The van der Waals surface area contributed by atoms with E-state index in [2.05, 4.69) is 12.1 Å². The van der Waals surface area contributed by atoms with Crippen LogP contribution in [0.2, 0.25) is 0 Å². The minimum Gasteiger partial charge on any atom is -0.503 e. The van der Waals surface area contributed by atoms with Gasteiger partial charge in [0.25, 0.3) is 5.91 Å². The molecular weight excluding hydrogens is 412 g/mol. The van der Waals surface area contributed by atoms with Gasteiger partial charge < -0.3 is 18.8 Å². The molecule has 0 aliphatic carbocycles. The fourth-order valence-electron chi connectivity index (χ4n) is 3.68. The Hall–Kier alpha value is -3.81. The van der Waals surface area contributed by atoms with Crippen LogP contribution in [-0.2, 0) is 4.79 Å². The first-order valence-corrected chi connectivity index (χ1v) is 10.5. The van der Waals surface area contributed by atoms with Crippen LogP contribution in [0.4, 0.5) is 5.82 Å². The molecule has 1 aromatic carbocycles. The van der Waals surface area contributed by atoms with Gasteiger partial charge in [0.2, 0.25) is 5.78 Å². The third kappa shape index (κ3) is 4.03. The lowest BCUT2D eigenvalue weighted by Crippen LogP contribution is -2.31. The normalized spacial score (nSPS) is 16.1. The molecule has 1 amide bonds. The predicted octanol–water partition coefficient (Wildman–Crippen LogP) is 4.93. The highest BCUT2D eigenvalue weighted by Crippen LogP contribution is 2.42. The summed E-state index contributed by atoms with van der Waals surface area (Å²) in [5.41, 5.74) is 0.529. The number of unbranched alkanes of at least 4 members (excludes halogenated alkanes) is 2. The SMILES string of the molecule is CCCCCOc1ccc(C2C(C(=O)c3ccco3)=C(O)C(=O)N2c2cc(C)on2)cc1. The molecule has 0 saturated carbocycles. The second-order valence-electron chi connectivity index (χ2n) is 7.57. The monoisotopic (exact) mass is 436 g/mol. The van der Waals surface area contributed by atoms with Gasteiger partial charge in [-0.2, -0.15) is 0 Å². The van der Waals surface area contributed by atoms with Crippen molar-refractivity contribution in [1.82, 2.24) is 5.16 Å². The average Bonchev–Trinajstić information content (AvgIpc) is 3.53. The van der Waals surface area contributed by atoms with Crippen LogP contribution in [-0.4, -0.2) is 28.6 Å². The van der Waals surface area contributed by atoms with Gasteiger partial charge >= 0.3 is 0 Å². The minimum atomic E-state index is -0.904. The third-order valence-corrected chi connectivity index (χ3v) is 5.27. The molecule has 3 heterocycles. The molecule has 3 aromatic rings. The number of aromatic nitrogens is 1. The maximum Gasteiger partial charge on any atom is 0.295 e. The Bertz CT molecular complexity index is 1130. The quantitative estimate of drug-likeness (QED) is 0.374. The van der Waals surface area contributed by atoms with E-state index < -0.39 is 23.5 Å². The maximum absolute atomic E-state index is 13.1. The summed E-state index contributed by atoms with van der Waals surface area (Å²) in [5.74, 6) is -0.550. The second kappa shape index (κ2) is 9.13. The number of amides is 1. The van der Waals surface area contributed by atoms with Gasteiger partial charge in [0.1, 0.15) is 11.5 Å². The van der Waals surface area contributed by atoms with E-state index in [1.807, 2.05) is 0 Å². The van der Waals surface area contributed by atoms with Gasteiger partial charge in [-0.1, -0.05) is 37.1 Å². The fraction of sp³-hybridized carbons (Fsp3) is 0.292. The largest absolute Gasteiger partial charge is 0.503 e. The van der Waals surface area contributed by atoms with Crippen LogP contribution < -0.4 is 9.64 Å². The van der Waals surface area contributed by atoms with E-state index in [-0.39, 0.29) is 17.2 Å². The summed E-state index contributed by atoms with van der Waals surface area (Å²) in [4.78, 5) is 27.4. The Balaban J connectivity index is 1.70. The van der Waals surface area contributed by atoms with E-state index in [0.29, 0.717) is 23.7 Å². The van der Waals surface area contributed by atoms with Crippen LogP contribution in [0.15, 0.2) is 69.0 Å². The molecule has 8 heteroatoms. The zero-order valence-electron chi connectivity index (χ0n) is 17.9. The summed E-state index contributed by atoms with van der Waals surface area (Å²) in [6.45, 7) is 4.44. The van der Waals surface area contributed by atoms with E-state index in [9.17, 15) is 14.7 Å². The van der Waals surface area contributed by atoms with Crippen molar-refractivity contribution in [2.24, 2.45) is 0 Å². The topological polar surface area (TPSA) is 106 Å². The lowest BCUT2D eigenvalue weighted by atomic mass is 9.95. The molecule has 1 N–H and O–H groups in total. The fourth-order valence-corrected chi connectivity index (χ4v) is 3.68. The number of nitrogens with zero attached hydrogens (tertiary/aromatic N) is 2. The molecule has 166 valence electrons. The molecule has 1 aliphatic rings. The van der Waals surface area contributed by atoms with Crippen LogP contribution in [0.3, 0.4) is 0 Å². The summed E-state index contributed by atoms with van der Waals surface area (Å²) in [7, 11) is 0. The Morgan fingerprint density at radius 1 is 1.22 bits per heavy atom. The first-order chi connectivity index (χ1) is 15.5. The van der Waals surface area contributed by atoms with E-state index in [4.69, 9.17) is 13.7 Å². The van der Waals surface area contributed by atoms with Crippen LogP contribution in [0.25, 0.3) is 0 Å². The number of carbonyl (C=O) groups excluding carboxylic acids is 2. The zero-order valence-corrected chi connectivity index (χ0v) is 17.9. The number of Topliss-reactive ketones (excluding diaryl/α,β-unsaturated/α-hetero) is 1. The number of benzene rings is 1. The molecular formula is C24H24N2O6. The molecule has 0 bridgehead atoms. The van der Waals surface area contributed by atoms with Crippen LogP contribution in [0, 0.1) is 6.92 Å². The van der Waals surface area contributed by atoms with Crippen molar-refractivity contribution < 1.29 is 28.4 Å². The molecule has 0 fully saturated rings. The molecule has 4 rings (SSSR count). The third-order valence-electron chi connectivity index (χ3n) is 5.27. The number of carbonyl (C=O) groups is 2. The molecule has 2 aromatic heterocycles. The lowest BCUT2D eigenvalue weighted by Gasteiger charge is -2.24. The summed E-state index contributed by atoms with van der Waals surface area (Å²) in [5, 5.41) is 14.6. The number of anilines is 1. The van der Waals surface area contributed by atoms with Crippen LogP contribution in [0.1, 0.15) is 54.1 Å². The highest BCUT2D eigenvalue weighted by Gasteiger charge is 2.46. The number of aliphatic hydroxyl groups excluding tert-OH is 1. The van der Waals surface area contributed by atoms with E-state index in [1.54, 1.807) is 43.3 Å². The summed E-state index contributed by atoms with van der Waals surface area (Å²) in [6.07, 6.45) is 4.53. The Labute approximate surface area is 185 Å². The average molecular weight is 436 g/mol. The van der Waals surface area contributed by atoms with Gasteiger partial charge in [-0.25, -0.2) is 0 Å². The van der Waals surface area contributed by atoms with E-state index >= 15 is 0 Å². The van der Waals surface area contributed by atoms with Crippen LogP contribution in [0.5, 0.6) is 5.75 Å². The van der Waals surface area contributed by atoms with Crippen molar-refractivity contribution in [1.29, 1.82) is 0 Å². The second-order valence-corrected chi connectivity index (χ2v) is 7.57. The Kier molecular flexibility index (Phi) is 6.11. The molecule has 1 unspecified atom stereocenters. The van der Waals surface area contributed by atoms with Gasteiger partial charge in [-0.05, 0) is 43.2 Å². The minimum absolute atomic E-state index is 0.0263. The molecule has 0 radical (unpaired) electrons. The Morgan fingerprint density at radius 2 is 2.00 bits per heavy atom. The zero-order chi connectivity index (χ0) is 22.7. The highest BCUT2D eigenvalue weighted by molar-refractivity contribution is 6.19. The number of ketones is 1. The molecule has 1 aliphatic heterocycles. The van der Waals surface area contributed by atoms with Crippen molar-refractivity contribution in [2.45, 2.75) is 39.2 Å². The number of ether oxygens (including phenoxy) is 1. The highest BCUT2D eigenvalue weighted by atomic mass is 16.5. The predicted molar refractivity (Wildman–Crippen MR) is 116 cm³/mol. The van der Waals surface area contributed by atoms with Crippen molar-refractivity contribution in [2.75, 3.05) is 11.5 Å². The molecule has 0 spiro atoms. The summed E-state index contributed by atoms with van der Waals surface area (Å²) >= 11 is 0. The first-order valence-electron chi connectivity index (χ1n) is 10.5. The first kappa shape index (κ1) is 21.4. The standard InChI is InChI=1S/C24H24N2O6/c1-3-4-5-12-30-17-10-8-16(9-11-17)21-20(22(27)18-7-6-13-31-18)23(28)24(29)26(21)19-14-15(2)32-25-19/h6-11,13-14,21,28H,3-5,12H2,1-2H3. The van der Waals surface area contributed by atoms with Crippen molar-refractivity contribution in [3.8, 4) is 5.75 Å². The lowest BCUT2D eigenvalue weighted by molar-refractivity contribution is -0.117. The van der Waals surface area contributed by atoms with E-state index in [0.717, 1.165) is 19.3 Å². The van der Waals surface area contributed by atoms with Gasteiger partial charge in [0.15, 0.2) is 17.3 Å². The molecule has 1 atom stereocenters.